The van der Waals surface area contributed by atoms with Gasteiger partial charge in [0, 0.05) is 35.4 Å². The number of rotatable bonds is 5. The average molecular weight is 360 g/mol. The number of nitrogens with zero attached hydrogens (tertiary/aromatic N) is 1. The molecule has 0 bridgehead atoms. The molecule has 0 saturated carbocycles. The summed E-state index contributed by atoms with van der Waals surface area (Å²) < 4.78 is 0. The maximum atomic E-state index is 6.14. The van der Waals surface area contributed by atoms with E-state index in [1.54, 1.807) is 0 Å². The van der Waals surface area contributed by atoms with Crippen LogP contribution >= 0.6 is 23.8 Å². The van der Waals surface area contributed by atoms with Gasteiger partial charge in [-0.15, -0.1) is 0 Å². The lowest BCUT2D eigenvalue weighted by atomic mass is 10.0. The third-order valence-corrected chi connectivity index (χ3v) is 4.82. The van der Waals surface area contributed by atoms with Gasteiger partial charge in [0.05, 0.1) is 0 Å². The van der Waals surface area contributed by atoms with E-state index in [4.69, 9.17) is 29.6 Å². The number of likely N-dealkylation sites (tertiary alicyclic amines) is 1. The fourth-order valence-corrected chi connectivity index (χ4v) is 3.58. The Labute approximate surface area is 153 Å². The van der Waals surface area contributed by atoms with Gasteiger partial charge >= 0.3 is 0 Å². The molecular weight excluding hydrogens is 338 g/mol. The Hall–Kier alpha value is -1.62. The fourth-order valence-electron chi connectivity index (χ4n) is 3.23. The number of thiocarbonyl (C=S) groups is 1. The molecule has 0 aliphatic carbocycles. The molecule has 1 heterocycles. The lowest BCUT2D eigenvalue weighted by molar-refractivity contribution is 0.208. The van der Waals surface area contributed by atoms with Crippen molar-refractivity contribution in [1.82, 2.24) is 4.90 Å². The van der Waals surface area contributed by atoms with Gasteiger partial charge in [0.15, 0.2) is 0 Å². The van der Waals surface area contributed by atoms with Crippen molar-refractivity contribution in [3.63, 3.8) is 0 Å². The van der Waals surface area contributed by atoms with Crippen molar-refractivity contribution in [2.45, 2.75) is 25.4 Å². The highest BCUT2D eigenvalue weighted by Crippen LogP contribution is 2.24. The highest BCUT2D eigenvalue weighted by atomic mass is 35.5. The van der Waals surface area contributed by atoms with Gasteiger partial charge in [0.1, 0.15) is 4.99 Å². The molecule has 2 aromatic rings. The first-order chi connectivity index (χ1) is 11.6. The molecule has 1 saturated heterocycles. The summed E-state index contributed by atoms with van der Waals surface area (Å²) in [4.78, 5) is 2.88. The third-order valence-electron chi connectivity index (χ3n) is 4.36. The number of halogens is 1. The maximum Gasteiger partial charge on any atom is 0.106 e. The van der Waals surface area contributed by atoms with E-state index in [1.807, 2.05) is 18.2 Å². The second kappa shape index (κ2) is 7.97. The predicted octanol–water partition coefficient (Wildman–Crippen LogP) is 4.05. The molecule has 0 spiro atoms. The highest BCUT2D eigenvalue weighted by molar-refractivity contribution is 7.80. The van der Waals surface area contributed by atoms with Crippen LogP contribution in [0.3, 0.4) is 0 Å². The zero-order valence-corrected chi connectivity index (χ0v) is 15.1. The summed E-state index contributed by atoms with van der Waals surface area (Å²) in [5.74, 6) is 0. The molecule has 24 heavy (non-hydrogen) atoms. The van der Waals surface area contributed by atoms with E-state index in [0.717, 1.165) is 37.3 Å². The van der Waals surface area contributed by atoms with Crippen molar-refractivity contribution >= 4 is 34.5 Å². The number of hydrogen-bond acceptors (Lipinski definition) is 3. The first-order valence-corrected chi connectivity index (χ1v) is 9.02. The van der Waals surface area contributed by atoms with Crippen molar-refractivity contribution in [2.75, 3.05) is 18.4 Å². The number of nitrogens with one attached hydrogen (secondary N) is 1. The summed E-state index contributed by atoms with van der Waals surface area (Å²) in [6.45, 7) is 3.11. The van der Waals surface area contributed by atoms with Crippen molar-refractivity contribution in [3.8, 4) is 0 Å². The Bertz CT molecular complexity index is 705. The minimum atomic E-state index is 0.369. The summed E-state index contributed by atoms with van der Waals surface area (Å²) in [5, 5.41) is 4.28. The quantitative estimate of drug-likeness (QED) is 0.790. The van der Waals surface area contributed by atoms with Crippen LogP contribution in [0, 0.1) is 0 Å². The van der Waals surface area contributed by atoms with Crippen molar-refractivity contribution in [3.05, 3.63) is 64.7 Å². The van der Waals surface area contributed by atoms with Crippen LogP contribution in [-0.4, -0.2) is 29.0 Å². The first kappa shape index (κ1) is 17.2. The van der Waals surface area contributed by atoms with Crippen molar-refractivity contribution < 1.29 is 0 Å². The Morgan fingerprint density at radius 2 is 2.04 bits per heavy atom. The van der Waals surface area contributed by atoms with Gasteiger partial charge in [-0.25, -0.2) is 0 Å². The SMILES string of the molecule is NC(=S)c1ccc(Cl)cc1NC1CCCN(Cc2ccccc2)C1. The molecular formula is C19H22ClN3S. The molecule has 0 radical (unpaired) electrons. The van der Waals surface area contributed by atoms with Crippen LogP contribution in [0.1, 0.15) is 24.0 Å². The summed E-state index contributed by atoms with van der Waals surface area (Å²) in [7, 11) is 0. The van der Waals surface area contributed by atoms with E-state index >= 15 is 0 Å². The molecule has 3 rings (SSSR count). The number of benzene rings is 2. The molecule has 2 aromatic carbocycles. The van der Waals surface area contributed by atoms with E-state index in [2.05, 4.69) is 40.5 Å². The summed E-state index contributed by atoms with van der Waals surface area (Å²) >= 11 is 11.3. The third kappa shape index (κ3) is 4.47. The molecule has 1 aliphatic heterocycles. The Kier molecular flexibility index (Phi) is 5.72. The normalized spacial score (nSPS) is 18.3. The molecule has 3 N–H and O–H groups in total. The van der Waals surface area contributed by atoms with E-state index in [-0.39, 0.29) is 0 Å². The Morgan fingerprint density at radius 3 is 2.79 bits per heavy atom. The fraction of sp³-hybridized carbons (Fsp3) is 0.316. The molecule has 1 unspecified atom stereocenters. The van der Waals surface area contributed by atoms with Crippen LogP contribution < -0.4 is 11.1 Å². The highest BCUT2D eigenvalue weighted by Gasteiger charge is 2.21. The molecule has 126 valence electrons. The standard InChI is InChI=1S/C19H22ClN3S/c20-15-8-9-17(19(21)24)18(11-15)22-16-7-4-10-23(13-16)12-14-5-2-1-3-6-14/h1-3,5-6,8-9,11,16,22H,4,7,10,12-13H2,(H2,21,24). The molecule has 1 fully saturated rings. The summed E-state index contributed by atoms with van der Waals surface area (Å²) in [6, 6.07) is 16.6. The van der Waals surface area contributed by atoms with Gasteiger partial charge in [-0.3, -0.25) is 4.90 Å². The van der Waals surface area contributed by atoms with Crippen LogP contribution in [0.4, 0.5) is 5.69 Å². The minimum absolute atomic E-state index is 0.369. The van der Waals surface area contributed by atoms with Crippen molar-refractivity contribution in [2.24, 2.45) is 5.73 Å². The molecule has 5 heteroatoms. The zero-order valence-electron chi connectivity index (χ0n) is 13.5. The zero-order chi connectivity index (χ0) is 16.9. The second-order valence-corrected chi connectivity index (χ2v) is 7.13. The molecule has 0 aromatic heterocycles. The smallest absolute Gasteiger partial charge is 0.106 e. The largest absolute Gasteiger partial charge is 0.389 e. The minimum Gasteiger partial charge on any atom is -0.389 e. The second-order valence-electron chi connectivity index (χ2n) is 6.26. The molecule has 3 nitrogen and oxygen atoms in total. The maximum absolute atomic E-state index is 6.14. The molecule has 1 aliphatic rings. The van der Waals surface area contributed by atoms with Crippen LogP contribution in [0.5, 0.6) is 0 Å². The van der Waals surface area contributed by atoms with E-state index < -0.39 is 0 Å². The van der Waals surface area contributed by atoms with Gasteiger partial charge in [0.2, 0.25) is 0 Å². The van der Waals surface area contributed by atoms with Crippen LogP contribution in [0.2, 0.25) is 5.02 Å². The average Bonchev–Trinajstić information content (AvgIpc) is 2.56. The number of hydrogen-bond donors (Lipinski definition) is 2. The van der Waals surface area contributed by atoms with Gasteiger partial charge < -0.3 is 11.1 Å². The number of anilines is 1. The van der Waals surface area contributed by atoms with Gasteiger partial charge in [0.25, 0.3) is 0 Å². The Balaban J connectivity index is 1.67. The first-order valence-electron chi connectivity index (χ1n) is 8.24. The van der Waals surface area contributed by atoms with Crippen molar-refractivity contribution in [1.29, 1.82) is 0 Å². The Morgan fingerprint density at radius 1 is 1.25 bits per heavy atom. The van der Waals surface area contributed by atoms with Crippen LogP contribution in [0.25, 0.3) is 0 Å². The lowest BCUT2D eigenvalue weighted by Crippen LogP contribution is -2.41. The van der Waals surface area contributed by atoms with Crippen LogP contribution in [-0.2, 0) is 6.54 Å². The van der Waals surface area contributed by atoms with E-state index in [0.29, 0.717) is 16.1 Å². The number of piperidine rings is 1. The summed E-state index contributed by atoms with van der Waals surface area (Å²) in [5.41, 5.74) is 8.98. The van der Waals surface area contributed by atoms with Crippen LogP contribution in [0.15, 0.2) is 48.5 Å². The number of nitrogens with two attached hydrogens (primary N) is 1. The van der Waals surface area contributed by atoms with E-state index in [9.17, 15) is 0 Å². The van der Waals surface area contributed by atoms with Gasteiger partial charge in [-0.05, 0) is 43.1 Å². The summed E-state index contributed by atoms with van der Waals surface area (Å²) in [6.07, 6.45) is 2.31. The monoisotopic (exact) mass is 359 g/mol. The topological polar surface area (TPSA) is 41.3 Å². The predicted molar refractivity (Wildman–Crippen MR) is 106 cm³/mol. The van der Waals surface area contributed by atoms with E-state index in [1.165, 1.54) is 12.0 Å². The molecule has 0 amide bonds. The molecule has 1 atom stereocenters. The van der Waals surface area contributed by atoms with Gasteiger partial charge in [-0.1, -0.05) is 54.2 Å². The van der Waals surface area contributed by atoms with Gasteiger partial charge in [-0.2, -0.15) is 0 Å². The lowest BCUT2D eigenvalue weighted by Gasteiger charge is -2.34.